The number of rotatable bonds is 1. The number of pyridine rings is 1. The largest absolute Gasteiger partial charge is 0.296 e. The predicted molar refractivity (Wildman–Crippen MR) is 91.8 cm³/mol. The van der Waals surface area contributed by atoms with Crippen molar-refractivity contribution in [2.75, 3.05) is 11.4 Å². The number of nitrogens with zero attached hydrogens (tertiary/aromatic N) is 2. The number of hydrogen-bond acceptors (Lipinski definition) is 2. The second-order valence-corrected chi connectivity index (χ2v) is 6.55. The van der Waals surface area contributed by atoms with Crippen molar-refractivity contribution in [1.82, 2.24) is 4.98 Å². The van der Waals surface area contributed by atoms with E-state index in [1.165, 1.54) is 0 Å². The lowest BCUT2D eigenvalue weighted by Gasteiger charge is -2.40. The van der Waals surface area contributed by atoms with Gasteiger partial charge in [-0.2, -0.15) is 0 Å². The van der Waals surface area contributed by atoms with Gasteiger partial charge >= 0.3 is 0 Å². The Morgan fingerprint density at radius 2 is 1.87 bits per heavy atom. The van der Waals surface area contributed by atoms with Crippen molar-refractivity contribution in [3.8, 4) is 11.8 Å². The highest BCUT2D eigenvalue weighted by Gasteiger charge is 2.40. The van der Waals surface area contributed by atoms with Gasteiger partial charge in [0.15, 0.2) is 0 Å². The van der Waals surface area contributed by atoms with E-state index in [4.69, 9.17) is 0 Å². The molecule has 2 heterocycles. The van der Waals surface area contributed by atoms with E-state index in [0.29, 0.717) is 18.8 Å². The highest BCUT2D eigenvalue weighted by Crippen LogP contribution is 2.37. The Kier molecular flexibility index (Phi) is 4.16. The van der Waals surface area contributed by atoms with E-state index in [2.05, 4.69) is 30.7 Å². The zero-order valence-electron chi connectivity index (χ0n) is 13.5. The van der Waals surface area contributed by atoms with Gasteiger partial charge in [-0.1, -0.05) is 50.0 Å². The minimum Gasteiger partial charge on any atom is -0.296 e. The summed E-state index contributed by atoms with van der Waals surface area (Å²) in [6.45, 7) is 4.82. The first-order valence-electron chi connectivity index (χ1n) is 7.84. The van der Waals surface area contributed by atoms with Gasteiger partial charge in [0, 0.05) is 30.6 Å². The third kappa shape index (κ3) is 3.43. The molecule has 2 aromatic rings. The Bertz CT molecular complexity index is 741. The average Bonchev–Trinajstić information content (AvgIpc) is 2.55. The summed E-state index contributed by atoms with van der Waals surface area (Å²) >= 11 is 0. The molecule has 0 saturated carbocycles. The summed E-state index contributed by atoms with van der Waals surface area (Å²) in [5.41, 5.74) is 0.869. The first-order chi connectivity index (χ1) is 11.1. The molecular formula is C20H20N2O. The fourth-order valence-electron chi connectivity index (χ4n) is 2.81. The van der Waals surface area contributed by atoms with Crippen LogP contribution in [0.2, 0.25) is 0 Å². The molecule has 0 bridgehead atoms. The van der Waals surface area contributed by atoms with E-state index in [0.717, 1.165) is 5.56 Å². The highest BCUT2D eigenvalue weighted by atomic mass is 16.2. The second kappa shape index (κ2) is 6.26. The van der Waals surface area contributed by atoms with E-state index in [9.17, 15) is 4.79 Å². The normalized spacial score (nSPS) is 19.8. The summed E-state index contributed by atoms with van der Waals surface area (Å²) in [6.07, 6.45) is 2.20. The van der Waals surface area contributed by atoms with Gasteiger partial charge in [-0.25, -0.2) is 4.98 Å². The zero-order chi connectivity index (χ0) is 16.3. The number of anilines is 1. The Morgan fingerprint density at radius 1 is 1.13 bits per heavy atom. The van der Waals surface area contributed by atoms with Crippen molar-refractivity contribution < 1.29 is 4.79 Å². The lowest BCUT2D eigenvalue weighted by atomic mass is 9.73. The minimum atomic E-state index is -0.135. The molecule has 116 valence electrons. The standard InChI is InChI=1S/C20H20N2O/c1-20(2)14-19(23)22(18-10-6-7-13-21-18)15-17(20)12-11-16-8-4-3-5-9-16/h3-10,13,17H,14-15H2,1-2H3. The van der Waals surface area contributed by atoms with Gasteiger partial charge in [-0.15, -0.1) is 0 Å². The second-order valence-electron chi connectivity index (χ2n) is 6.55. The summed E-state index contributed by atoms with van der Waals surface area (Å²) in [7, 11) is 0. The molecule has 1 fully saturated rings. The van der Waals surface area contributed by atoms with Crippen molar-refractivity contribution in [3.63, 3.8) is 0 Å². The molecule has 3 nitrogen and oxygen atoms in total. The molecule has 1 aliphatic rings. The maximum absolute atomic E-state index is 12.5. The van der Waals surface area contributed by atoms with Gasteiger partial charge in [-0.05, 0) is 29.7 Å². The van der Waals surface area contributed by atoms with Crippen LogP contribution in [0.4, 0.5) is 5.82 Å². The lowest BCUT2D eigenvalue weighted by molar-refractivity contribution is -0.123. The Balaban J connectivity index is 1.87. The first-order valence-corrected chi connectivity index (χ1v) is 7.84. The van der Waals surface area contributed by atoms with Crippen LogP contribution in [0, 0.1) is 23.2 Å². The first kappa shape index (κ1) is 15.3. The molecule has 1 atom stereocenters. The maximum Gasteiger partial charge on any atom is 0.228 e. The number of hydrogen-bond donors (Lipinski definition) is 0. The number of carbonyl (C=O) groups is 1. The van der Waals surface area contributed by atoms with Gasteiger partial charge in [0.2, 0.25) is 5.91 Å². The smallest absolute Gasteiger partial charge is 0.228 e. The number of aromatic nitrogens is 1. The molecule has 1 aromatic heterocycles. The zero-order valence-corrected chi connectivity index (χ0v) is 13.5. The van der Waals surface area contributed by atoms with Crippen LogP contribution in [0.5, 0.6) is 0 Å². The average molecular weight is 304 g/mol. The highest BCUT2D eigenvalue weighted by molar-refractivity contribution is 5.93. The van der Waals surface area contributed by atoms with E-state index in [1.54, 1.807) is 11.1 Å². The molecule has 1 saturated heterocycles. The van der Waals surface area contributed by atoms with E-state index >= 15 is 0 Å². The molecule has 23 heavy (non-hydrogen) atoms. The number of amides is 1. The summed E-state index contributed by atoms with van der Waals surface area (Å²) in [5, 5.41) is 0. The molecule has 1 aromatic carbocycles. The molecule has 0 N–H and O–H groups in total. The molecule has 1 unspecified atom stereocenters. The van der Waals surface area contributed by atoms with Crippen LogP contribution in [-0.2, 0) is 4.79 Å². The predicted octanol–water partition coefficient (Wildman–Crippen LogP) is 3.51. The van der Waals surface area contributed by atoms with Crippen LogP contribution in [0.25, 0.3) is 0 Å². The topological polar surface area (TPSA) is 33.2 Å². The third-order valence-electron chi connectivity index (χ3n) is 4.31. The Hall–Kier alpha value is -2.60. The lowest BCUT2D eigenvalue weighted by Crippen LogP contribution is -2.48. The van der Waals surface area contributed by atoms with Crippen LogP contribution < -0.4 is 4.90 Å². The summed E-state index contributed by atoms with van der Waals surface area (Å²) in [4.78, 5) is 18.5. The molecule has 0 aliphatic carbocycles. The number of piperidine rings is 1. The molecule has 1 amide bonds. The van der Waals surface area contributed by atoms with E-state index in [-0.39, 0.29) is 17.2 Å². The minimum absolute atomic E-state index is 0.113. The summed E-state index contributed by atoms with van der Waals surface area (Å²) in [5.74, 6) is 7.56. The van der Waals surface area contributed by atoms with Crippen molar-refractivity contribution in [2.24, 2.45) is 11.3 Å². The van der Waals surface area contributed by atoms with Crippen molar-refractivity contribution in [3.05, 3.63) is 60.3 Å². The van der Waals surface area contributed by atoms with Crippen LogP contribution in [0.3, 0.4) is 0 Å². The third-order valence-corrected chi connectivity index (χ3v) is 4.31. The van der Waals surface area contributed by atoms with Gasteiger partial charge in [-0.3, -0.25) is 9.69 Å². The van der Waals surface area contributed by atoms with Gasteiger partial charge in [0.1, 0.15) is 5.82 Å². The van der Waals surface area contributed by atoms with Gasteiger partial charge < -0.3 is 0 Å². The van der Waals surface area contributed by atoms with Crippen LogP contribution in [-0.4, -0.2) is 17.4 Å². The quantitative estimate of drug-likeness (QED) is 0.755. The molecule has 3 rings (SSSR count). The summed E-state index contributed by atoms with van der Waals surface area (Å²) in [6, 6.07) is 15.6. The van der Waals surface area contributed by atoms with Gasteiger partial charge in [0.05, 0.1) is 0 Å². The fourth-order valence-corrected chi connectivity index (χ4v) is 2.81. The van der Waals surface area contributed by atoms with Crippen molar-refractivity contribution in [1.29, 1.82) is 0 Å². The van der Waals surface area contributed by atoms with Gasteiger partial charge in [0.25, 0.3) is 0 Å². The fraction of sp³-hybridized carbons (Fsp3) is 0.300. The Labute approximate surface area is 137 Å². The van der Waals surface area contributed by atoms with Crippen LogP contribution in [0.1, 0.15) is 25.8 Å². The Morgan fingerprint density at radius 3 is 2.57 bits per heavy atom. The van der Waals surface area contributed by atoms with Crippen molar-refractivity contribution in [2.45, 2.75) is 20.3 Å². The summed E-state index contributed by atoms with van der Waals surface area (Å²) < 4.78 is 0. The molecule has 1 aliphatic heterocycles. The van der Waals surface area contributed by atoms with E-state index in [1.807, 2.05) is 48.5 Å². The van der Waals surface area contributed by atoms with E-state index < -0.39 is 0 Å². The van der Waals surface area contributed by atoms with Crippen LogP contribution in [0.15, 0.2) is 54.7 Å². The molecule has 3 heteroatoms. The molecule has 0 radical (unpaired) electrons. The van der Waals surface area contributed by atoms with Crippen molar-refractivity contribution >= 4 is 11.7 Å². The maximum atomic E-state index is 12.5. The number of benzene rings is 1. The SMILES string of the molecule is CC1(C)CC(=O)N(c2ccccn2)CC1C#Cc1ccccc1. The number of carbonyl (C=O) groups excluding carboxylic acids is 1. The van der Waals surface area contributed by atoms with Crippen LogP contribution >= 0.6 is 0 Å². The monoisotopic (exact) mass is 304 g/mol. The molecule has 0 spiro atoms. The molecular weight excluding hydrogens is 284 g/mol.